The minimum absolute atomic E-state index is 0.286. The molecule has 17 heavy (non-hydrogen) atoms. The molecule has 1 aliphatic rings. The van der Waals surface area contributed by atoms with Crippen LogP contribution in [0.1, 0.15) is 57.8 Å². The first-order valence-electron chi connectivity index (χ1n) is 7.35. The Hall–Kier alpha value is -0.120. The molecule has 1 saturated carbocycles. The molecule has 0 unspecified atom stereocenters. The van der Waals surface area contributed by atoms with Crippen molar-refractivity contribution >= 4 is 0 Å². The van der Waals surface area contributed by atoms with E-state index in [1.54, 1.807) is 0 Å². The maximum Gasteiger partial charge on any atom is 0.0466 e. The lowest BCUT2D eigenvalue weighted by Crippen LogP contribution is -2.31. The largest absolute Gasteiger partial charge is 0.396 e. The minimum Gasteiger partial charge on any atom is -0.396 e. The lowest BCUT2D eigenvalue weighted by atomic mass is 9.95. The zero-order chi connectivity index (χ0) is 12.2. The molecule has 0 aromatic heterocycles. The van der Waals surface area contributed by atoms with Gasteiger partial charge in [-0.1, -0.05) is 19.3 Å². The van der Waals surface area contributed by atoms with Gasteiger partial charge in [0.25, 0.3) is 0 Å². The highest BCUT2D eigenvalue weighted by molar-refractivity contribution is 4.71. The van der Waals surface area contributed by atoms with E-state index >= 15 is 0 Å². The average molecular weight is 243 g/mol. The summed E-state index contributed by atoms with van der Waals surface area (Å²) in [5.41, 5.74) is 0. The van der Waals surface area contributed by atoms with E-state index in [4.69, 9.17) is 9.84 Å². The summed E-state index contributed by atoms with van der Waals surface area (Å²) in [6, 6.07) is 0.786. The molecule has 0 bridgehead atoms. The Morgan fingerprint density at radius 2 is 1.65 bits per heavy atom. The van der Waals surface area contributed by atoms with Crippen LogP contribution in [0.4, 0.5) is 0 Å². The summed E-state index contributed by atoms with van der Waals surface area (Å²) in [6.45, 7) is 3.10. The number of unbranched alkanes of at least 4 members (excludes halogenated alkanes) is 2. The third-order valence-corrected chi connectivity index (χ3v) is 3.45. The SMILES string of the molecule is OCCCCOCCCCNC1CCCCC1. The van der Waals surface area contributed by atoms with E-state index in [1.807, 2.05) is 0 Å². The minimum atomic E-state index is 0.286. The number of aliphatic hydroxyl groups is 1. The Bertz CT molecular complexity index is 158. The fourth-order valence-corrected chi connectivity index (χ4v) is 2.36. The highest BCUT2D eigenvalue weighted by Crippen LogP contribution is 2.17. The van der Waals surface area contributed by atoms with Crippen LogP contribution in [0.25, 0.3) is 0 Å². The molecule has 1 fully saturated rings. The Labute approximate surface area is 106 Å². The fourth-order valence-electron chi connectivity index (χ4n) is 2.36. The Morgan fingerprint density at radius 3 is 2.35 bits per heavy atom. The first-order valence-corrected chi connectivity index (χ1v) is 7.35. The molecule has 0 saturated heterocycles. The van der Waals surface area contributed by atoms with Crippen molar-refractivity contribution in [2.45, 2.75) is 63.8 Å². The summed E-state index contributed by atoms with van der Waals surface area (Å²) < 4.78 is 5.49. The van der Waals surface area contributed by atoms with Gasteiger partial charge in [0.15, 0.2) is 0 Å². The maximum absolute atomic E-state index is 8.60. The van der Waals surface area contributed by atoms with Gasteiger partial charge in [-0.3, -0.25) is 0 Å². The summed E-state index contributed by atoms with van der Waals surface area (Å²) in [7, 11) is 0. The van der Waals surface area contributed by atoms with Gasteiger partial charge in [-0.05, 0) is 45.1 Å². The molecular formula is C14H29NO2. The standard InChI is InChI=1S/C14H29NO2/c16-11-5-7-13-17-12-6-4-10-15-14-8-2-1-3-9-14/h14-16H,1-13H2. The van der Waals surface area contributed by atoms with Crippen LogP contribution >= 0.6 is 0 Å². The summed E-state index contributed by atoms with van der Waals surface area (Å²) in [4.78, 5) is 0. The van der Waals surface area contributed by atoms with Crippen molar-refractivity contribution < 1.29 is 9.84 Å². The van der Waals surface area contributed by atoms with E-state index < -0.39 is 0 Å². The number of rotatable bonds is 10. The van der Waals surface area contributed by atoms with E-state index in [0.717, 1.165) is 45.1 Å². The van der Waals surface area contributed by atoms with Crippen LogP contribution in [-0.2, 0) is 4.74 Å². The Balaban J connectivity index is 1.75. The normalized spacial score (nSPS) is 17.5. The second kappa shape index (κ2) is 11.0. The number of nitrogens with one attached hydrogen (secondary N) is 1. The van der Waals surface area contributed by atoms with Gasteiger partial charge in [0.1, 0.15) is 0 Å². The summed E-state index contributed by atoms with van der Waals surface area (Å²) in [5, 5.41) is 12.2. The number of hydrogen-bond donors (Lipinski definition) is 2. The van der Waals surface area contributed by atoms with E-state index in [0.29, 0.717) is 0 Å². The van der Waals surface area contributed by atoms with Gasteiger partial charge in [0, 0.05) is 25.9 Å². The summed E-state index contributed by atoms with van der Waals surface area (Å²) in [6.07, 6.45) is 11.2. The number of hydrogen-bond acceptors (Lipinski definition) is 3. The first kappa shape index (κ1) is 14.9. The molecule has 3 heteroatoms. The lowest BCUT2D eigenvalue weighted by Gasteiger charge is -2.22. The van der Waals surface area contributed by atoms with E-state index in [-0.39, 0.29) is 6.61 Å². The van der Waals surface area contributed by atoms with E-state index in [2.05, 4.69) is 5.32 Å². The highest BCUT2D eigenvalue weighted by Gasteiger charge is 2.11. The highest BCUT2D eigenvalue weighted by atomic mass is 16.5. The van der Waals surface area contributed by atoms with Crippen LogP contribution in [0.2, 0.25) is 0 Å². The molecule has 0 amide bonds. The zero-order valence-electron chi connectivity index (χ0n) is 11.1. The van der Waals surface area contributed by atoms with Crippen molar-refractivity contribution in [3.05, 3.63) is 0 Å². The van der Waals surface area contributed by atoms with Crippen molar-refractivity contribution in [3.63, 3.8) is 0 Å². The molecule has 1 aliphatic carbocycles. The first-order chi connectivity index (χ1) is 8.43. The second-order valence-corrected chi connectivity index (χ2v) is 5.04. The number of aliphatic hydroxyl groups excluding tert-OH is 1. The fraction of sp³-hybridized carbons (Fsp3) is 1.00. The van der Waals surface area contributed by atoms with Crippen molar-refractivity contribution in [1.29, 1.82) is 0 Å². The topological polar surface area (TPSA) is 41.5 Å². The Morgan fingerprint density at radius 1 is 0.941 bits per heavy atom. The van der Waals surface area contributed by atoms with Crippen molar-refractivity contribution in [3.8, 4) is 0 Å². The van der Waals surface area contributed by atoms with Gasteiger partial charge in [-0.2, -0.15) is 0 Å². The number of ether oxygens (including phenoxy) is 1. The van der Waals surface area contributed by atoms with E-state index in [1.165, 1.54) is 38.5 Å². The molecule has 102 valence electrons. The molecule has 2 N–H and O–H groups in total. The van der Waals surface area contributed by atoms with Gasteiger partial charge >= 0.3 is 0 Å². The molecule has 0 heterocycles. The monoisotopic (exact) mass is 243 g/mol. The quantitative estimate of drug-likeness (QED) is 0.579. The molecule has 3 nitrogen and oxygen atoms in total. The van der Waals surface area contributed by atoms with Crippen LogP contribution in [0.5, 0.6) is 0 Å². The van der Waals surface area contributed by atoms with Gasteiger partial charge < -0.3 is 15.2 Å². The molecule has 0 spiro atoms. The van der Waals surface area contributed by atoms with Gasteiger partial charge in [0.2, 0.25) is 0 Å². The molecule has 1 rings (SSSR count). The molecule has 0 radical (unpaired) electrons. The zero-order valence-corrected chi connectivity index (χ0v) is 11.1. The van der Waals surface area contributed by atoms with Gasteiger partial charge in [-0.25, -0.2) is 0 Å². The third kappa shape index (κ3) is 8.58. The van der Waals surface area contributed by atoms with Gasteiger partial charge in [-0.15, -0.1) is 0 Å². The van der Waals surface area contributed by atoms with E-state index in [9.17, 15) is 0 Å². The van der Waals surface area contributed by atoms with Crippen molar-refractivity contribution in [2.75, 3.05) is 26.4 Å². The average Bonchev–Trinajstić information content (AvgIpc) is 2.38. The molecular weight excluding hydrogens is 214 g/mol. The molecule has 0 aromatic carbocycles. The Kier molecular flexibility index (Phi) is 9.66. The van der Waals surface area contributed by atoms with Gasteiger partial charge in [0.05, 0.1) is 0 Å². The summed E-state index contributed by atoms with van der Waals surface area (Å²) >= 11 is 0. The second-order valence-electron chi connectivity index (χ2n) is 5.04. The smallest absolute Gasteiger partial charge is 0.0466 e. The third-order valence-electron chi connectivity index (χ3n) is 3.45. The van der Waals surface area contributed by atoms with Crippen LogP contribution in [-0.4, -0.2) is 37.5 Å². The van der Waals surface area contributed by atoms with Crippen LogP contribution in [0.15, 0.2) is 0 Å². The molecule has 0 aliphatic heterocycles. The van der Waals surface area contributed by atoms with Crippen molar-refractivity contribution in [2.24, 2.45) is 0 Å². The lowest BCUT2D eigenvalue weighted by molar-refractivity contribution is 0.121. The van der Waals surface area contributed by atoms with Crippen LogP contribution < -0.4 is 5.32 Å². The summed E-state index contributed by atoms with van der Waals surface area (Å²) in [5.74, 6) is 0. The van der Waals surface area contributed by atoms with Crippen LogP contribution in [0, 0.1) is 0 Å². The molecule has 0 aromatic rings. The predicted octanol–water partition coefficient (Wildman–Crippen LogP) is 2.48. The maximum atomic E-state index is 8.60. The predicted molar refractivity (Wildman–Crippen MR) is 71.2 cm³/mol. The van der Waals surface area contributed by atoms with Crippen LogP contribution in [0.3, 0.4) is 0 Å². The van der Waals surface area contributed by atoms with Crippen molar-refractivity contribution in [1.82, 2.24) is 5.32 Å². The molecule has 0 atom stereocenters.